The van der Waals surface area contributed by atoms with Crippen molar-refractivity contribution in [1.29, 1.82) is 0 Å². The topological polar surface area (TPSA) is 56.4 Å². The Morgan fingerprint density at radius 1 is 1.56 bits per heavy atom. The van der Waals surface area contributed by atoms with E-state index < -0.39 is 0 Å². The molecule has 0 spiro atoms. The van der Waals surface area contributed by atoms with Crippen molar-refractivity contribution < 1.29 is 36.3 Å². The van der Waals surface area contributed by atoms with Gasteiger partial charge in [-0.2, -0.15) is 0 Å². The molecule has 2 N–H and O–H groups in total. The molecule has 0 amide bonds. The number of hydrogen-bond acceptors (Lipinski definition) is 2. The summed E-state index contributed by atoms with van der Waals surface area (Å²) in [5.41, 5.74) is 6.78. The Morgan fingerprint density at radius 3 is 1.89 bits per heavy atom. The number of oxime groups is 1. The second-order valence-corrected chi connectivity index (χ2v) is 1.64. The number of nitrogens with one attached hydrogen (secondary N) is 1. The van der Waals surface area contributed by atoms with E-state index >= 15 is 0 Å². The molecular weight excluding hydrogens is 342 g/mol. The minimum Gasteiger partial charge on any atom is -0.509 e. The summed E-state index contributed by atoms with van der Waals surface area (Å²) in [6.07, 6.45) is 0. The number of amidine groups is 1. The molecule has 0 fully saturated rings. The second-order valence-electron chi connectivity index (χ2n) is 1.64. The second kappa shape index (κ2) is 8.32. The van der Waals surface area contributed by atoms with E-state index in [4.69, 9.17) is 10.9 Å². The van der Waals surface area contributed by atoms with E-state index in [2.05, 4.69) is 5.16 Å². The molecule has 4 heteroatoms. The quantitative estimate of drug-likeness (QED) is 0.253. The molecule has 0 aliphatic heterocycles. The summed E-state index contributed by atoms with van der Waals surface area (Å²) in [6, 6.07) is 0. The molecule has 0 saturated heterocycles. The summed E-state index contributed by atoms with van der Waals surface area (Å²) in [5, 5.41) is 10.6. The molecule has 52 valence electrons. The first-order chi connectivity index (χ1) is 3.18. The standard InChI is InChI=1S/C4H9N2O.CH3.U/c1-3(2)4(5)6-7;;/h3H,1-2H3,(H2-,5,6,7);1H3;/q2*-1;+2. The fourth-order valence-electron chi connectivity index (χ4n) is 0.115. The first-order valence-corrected chi connectivity index (χ1v) is 2.12. The molecule has 0 aliphatic rings. The number of nitrogens with zero attached hydrogens (tertiary/aromatic N) is 1. The van der Waals surface area contributed by atoms with Gasteiger partial charge in [0.05, 0.1) is 0 Å². The van der Waals surface area contributed by atoms with Gasteiger partial charge in [0.15, 0.2) is 0 Å². The summed E-state index contributed by atoms with van der Waals surface area (Å²) < 4.78 is 0. The van der Waals surface area contributed by atoms with Crippen LogP contribution in [0.5, 0.6) is 0 Å². The summed E-state index contributed by atoms with van der Waals surface area (Å²) in [4.78, 5) is 0. The van der Waals surface area contributed by atoms with Crippen molar-refractivity contribution in [3.05, 3.63) is 13.2 Å². The zero-order valence-corrected chi connectivity index (χ0v) is 10.1. The van der Waals surface area contributed by atoms with E-state index in [0.717, 1.165) is 0 Å². The zero-order chi connectivity index (χ0) is 5.86. The molecule has 0 saturated carbocycles. The van der Waals surface area contributed by atoms with E-state index in [-0.39, 0.29) is 50.3 Å². The Kier molecular flexibility index (Phi) is 14.9. The van der Waals surface area contributed by atoms with Crippen molar-refractivity contribution in [1.82, 2.24) is 0 Å². The van der Waals surface area contributed by atoms with Crippen LogP contribution in [0.3, 0.4) is 0 Å². The minimum absolute atomic E-state index is 0. The van der Waals surface area contributed by atoms with Crippen LogP contribution in [-0.4, -0.2) is 11.0 Å². The molecule has 0 rings (SSSR count). The third kappa shape index (κ3) is 8.32. The van der Waals surface area contributed by atoms with E-state index in [0.29, 0.717) is 0 Å². The minimum atomic E-state index is 0. The summed E-state index contributed by atoms with van der Waals surface area (Å²) in [6.45, 7) is 3.59. The molecule has 0 atom stereocenters. The van der Waals surface area contributed by atoms with E-state index in [9.17, 15) is 0 Å². The molecule has 3 nitrogen and oxygen atoms in total. The zero-order valence-electron chi connectivity index (χ0n) is 5.97. The van der Waals surface area contributed by atoms with Crippen LogP contribution in [0.25, 0.3) is 5.73 Å². The maximum absolute atomic E-state index is 7.91. The molecule has 0 radical (unpaired) electrons. The fourth-order valence-corrected chi connectivity index (χ4v) is 0.115. The molecular formula is C5H12N2OU. The predicted octanol–water partition coefficient (Wildman–Crippen LogP) is 1.93. The first kappa shape index (κ1) is 16.2. The molecule has 9 heavy (non-hydrogen) atoms. The van der Waals surface area contributed by atoms with Crippen LogP contribution in [0.15, 0.2) is 5.16 Å². The third-order valence-corrected chi connectivity index (χ3v) is 0.655. The van der Waals surface area contributed by atoms with Gasteiger partial charge in [-0.05, 0) is 5.92 Å². The van der Waals surface area contributed by atoms with E-state index in [1.807, 2.05) is 0 Å². The predicted molar refractivity (Wildman–Crippen MR) is 34.8 cm³/mol. The number of rotatable bonds is 1. The first-order valence-electron chi connectivity index (χ1n) is 2.12. The molecule has 0 aromatic heterocycles. The molecule has 0 bridgehead atoms. The van der Waals surface area contributed by atoms with Crippen LogP contribution >= 0.6 is 0 Å². The van der Waals surface area contributed by atoms with Crippen molar-refractivity contribution in [3.8, 4) is 0 Å². The maximum atomic E-state index is 7.91. The Balaban J connectivity index is -0.000000180. The largest absolute Gasteiger partial charge is 2.00 e. The fraction of sp³-hybridized carbons (Fsp3) is 0.600. The van der Waals surface area contributed by atoms with Gasteiger partial charge in [-0.25, -0.2) is 0 Å². The normalized spacial score (nSPS) is 9.89. The Bertz CT molecular complexity index is 83.0. The van der Waals surface area contributed by atoms with Gasteiger partial charge < -0.3 is 23.5 Å². The van der Waals surface area contributed by atoms with Gasteiger partial charge in [0.25, 0.3) is 0 Å². The van der Waals surface area contributed by atoms with Crippen molar-refractivity contribution in [2.24, 2.45) is 11.1 Å². The molecule has 0 aromatic rings. The van der Waals surface area contributed by atoms with Gasteiger partial charge in [0, 0.05) is 0 Å². The van der Waals surface area contributed by atoms with Crippen molar-refractivity contribution in [3.63, 3.8) is 0 Å². The van der Waals surface area contributed by atoms with Gasteiger partial charge in [0.1, 0.15) is 0 Å². The maximum Gasteiger partial charge on any atom is 2.00 e. The van der Waals surface area contributed by atoms with Gasteiger partial charge in [0.2, 0.25) is 0 Å². The summed E-state index contributed by atoms with van der Waals surface area (Å²) in [7, 11) is 0. The van der Waals surface area contributed by atoms with Crippen molar-refractivity contribution in [2.75, 3.05) is 0 Å². The Morgan fingerprint density at radius 2 is 1.89 bits per heavy atom. The van der Waals surface area contributed by atoms with Gasteiger partial charge >= 0.3 is 31.1 Å². The molecule has 0 heterocycles. The van der Waals surface area contributed by atoms with Crippen molar-refractivity contribution in [2.45, 2.75) is 13.8 Å². The smallest absolute Gasteiger partial charge is 0.509 e. The third-order valence-electron chi connectivity index (χ3n) is 0.655. The summed E-state index contributed by atoms with van der Waals surface area (Å²) >= 11 is 0. The van der Waals surface area contributed by atoms with Crippen LogP contribution in [-0.2, 0) is 0 Å². The van der Waals surface area contributed by atoms with E-state index in [1.54, 1.807) is 13.8 Å². The molecule has 0 unspecified atom stereocenters. The van der Waals surface area contributed by atoms with Gasteiger partial charge in [-0.3, -0.25) is 0 Å². The average molecular weight is 354 g/mol. The summed E-state index contributed by atoms with van der Waals surface area (Å²) in [5.74, 6) is 0.0602. The van der Waals surface area contributed by atoms with Crippen molar-refractivity contribution >= 4 is 5.84 Å². The molecule has 0 aliphatic carbocycles. The van der Waals surface area contributed by atoms with Gasteiger partial charge in [-0.1, -0.05) is 19.7 Å². The van der Waals surface area contributed by atoms with Crippen LogP contribution in [0, 0.1) is 44.5 Å². The molecule has 0 aromatic carbocycles. The number of hydrogen-bond donors (Lipinski definition) is 1. The van der Waals surface area contributed by atoms with E-state index in [1.165, 1.54) is 0 Å². The Labute approximate surface area is 80.1 Å². The van der Waals surface area contributed by atoms with Crippen LogP contribution < -0.4 is 0 Å². The average Bonchev–Trinajstić information content (AvgIpc) is 1.65. The monoisotopic (exact) mass is 354 g/mol. The van der Waals surface area contributed by atoms with Gasteiger partial charge in [-0.15, -0.1) is 0 Å². The SMILES string of the molecule is CC(C)/C([NH-])=N/O.[CH3-].[U+2]. The van der Waals surface area contributed by atoms with Crippen LogP contribution in [0.2, 0.25) is 0 Å². The van der Waals surface area contributed by atoms with Crippen LogP contribution in [0.4, 0.5) is 0 Å². The Hall–Kier alpha value is 0.322. The van der Waals surface area contributed by atoms with Crippen LogP contribution in [0.1, 0.15) is 13.8 Å².